The molecule has 110 valence electrons. The molecule has 0 aliphatic heterocycles. The van der Waals surface area contributed by atoms with Gasteiger partial charge >= 0.3 is 0 Å². The second-order valence-corrected chi connectivity index (χ2v) is 8.11. The van der Waals surface area contributed by atoms with Gasteiger partial charge in [0.25, 0.3) is 0 Å². The lowest BCUT2D eigenvalue weighted by molar-refractivity contribution is 0.259. The minimum absolute atomic E-state index is 0.171. The van der Waals surface area contributed by atoms with E-state index in [4.69, 9.17) is 16.0 Å². The molecule has 0 unspecified atom stereocenters. The third-order valence-electron chi connectivity index (χ3n) is 2.78. The smallest absolute Gasteiger partial charge is 0.250 e. The summed E-state index contributed by atoms with van der Waals surface area (Å²) in [6.07, 6.45) is 1.57. The molecule has 0 aromatic carbocycles. The van der Waals surface area contributed by atoms with Gasteiger partial charge in [0.05, 0.1) is 16.6 Å². The first-order valence-corrected chi connectivity index (χ1v) is 8.53. The van der Waals surface area contributed by atoms with Gasteiger partial charge in [-0.05, 0) is 38.4 Å². The van der Waals surface area contributed by atoms with Crippen LogP contribution in [-0.2, 0) is 10.0 Å². The molecule has 1 atom stereocenters. The minimum Gasteiger partial charge on any atom is -0.468 e. The van der Waals surface area contributed by atoms with Gasteiger partial charge in [-0.25, -0.2) is 13.1 Å². The van der Waals surface area contributed by atoms with Crippen molar-refractivity contribution in [2.24, 2.45) is 0 Å². The molecule has 2 heterocycles. The van der Waals surface area contributed by atoms with Crippen LogP contribution in [0.25, 0.3) is 0 Å². The van der Waals surface area contributed by atoms with Gasteiger partial charge in [0.15, 0.2) is 0 Å². The van der Waals surface area contributed by atoms with E-state index in [0.717, 1.165) is 11.3 Å². The van der Waals surface area contributed by atoms with E-state index in [0.29, 0.717) is 10.1 Å². The molecule has 20 heavy (non-hydrogen) atoms. The predicted octanol–water partition coefficient (Wildman–Crippen LogP) is 2.58. The van der Waals surface area contributed by atoms with E-state index < -0.39 is 10.0 Å². The highest BCUT2D eigenvalue weighted by molar-refractivity contribution is 7.91. The van der Waals surface area contributed by atoms with Crippen LogP contribution in [0.1, 0.15) is 11.8 Å². The number of sulfonamides is 1. The number of hydrogen-bond acceptors (Lipinski definition) is 5. The highest BCUT2D eigenvalue weighted by atomic mass is 35.5. The van der Waals surface area contributed by atoms with Crippen molar-refractivity contribution >= 4 is 33.0 Å². The molecule has 2 aromatic heterocycles. The molecule has 2 aromatic rings. The van der Waals surface area contributed by atoms with Crippen LogP contribution in [0.15, 0.2) is 39.2 Å². The molecule has 0 spiro atoms. The molecule has 1 N–H and O–H groups in total. The molecular weight excluding hydrogens is 320 g/mol. The first-order chi connectivity index (χ1) is 9.40. The summed E-state index contributed by atoms with van der Waals surface area (Å²) >= 11 is 6.79. The minimum atomic E-state index is -3.54. The Balaban J connectivity index is 2.10. The van der Waals surface area contributed by atoms with Crippen LogP contribution >= 0.6 is 22.9 Å². The van der Waals surface area contributed by atoms with Crippen molar-refractivity contribution in [2.45, 2.75) is 10.3 Å². The Morgan fingerprint density at radius 2 is 2.15 bits per heavy atom. The SMILES string of the molecule is CN(C)[C@H](CNS(=O)(=O)c1ccc(Cl)s1)c1ccco1. The second kappa shape index (κ2) is 6.28. The summed E-state index contributed by atoms with van der Waals surface area (Å²) in [5, 5.41) is 0. The molecule has 0 radical (unpaired) electrons. The highest BCUT2D eigenvalue weighted by Crippen LogP contribution is 2.26. The largest absolute Gasteiger partial charge is 0.468 e. The lowest BCUT2D eigenvalue weighted by Gasteiger charge is -2.22. The summed E-state index contributed by atoms with van der Waals surface area (Å²) in [6.45, 7) is 0.221. The Morgan fingerprint density at radius 1 is 1.40 bits per heavy atom. The molecule has 0 saturated carbocycles. The van der Waals surface area contributed by atoms with E-state index in [1.165, 1.54) is 6.07 Å². The van der Waals surface area contributed by atoms with Gasteiger partial charge in [0.1, 0.15) is 9.97 Å². The fourth-order valence-electron chi connectivity index (χ4n) is 1.72. The van der Waals surface area contributed by atoms with Gasteiger partial charge in [-0.3, -0.25) is 4.90 Å². The molecule has 5 nitrogen and oxygen atoms in total. The average molecular weight is 335 g/mol. The quantitative estimate of drug-likeness (QED) is 0.882. The number of halogens is 1. The number of likely N-dealkylation sites (N-methyl/N-ethyl adjacent to an activating group) is 1. The molecule has 0 aliphatic rings. The monoisotopic (exact) mass is 334 g/mol. The summed E-state index contributed by atoms with van der Waals surface area (Å²) in [5.41, 5.74) is 0. The summed E-state index contributed by atoms with van der Waals surface area (Å²) < 4.78 is 32.8. The Morgan fingerprint density at radius 3 is 2.65 bits per heavy atom. The number of nitrogens with one attached hydrogen (secondary N) is 1. The summed E-state index contributed by atoms with van der Waals surface area (Å²) in [5.74, 6) is 0.710. The Bertz CT molecular complexity index is 650. The molecule has 0 amide bonds. The lowest BCUT2D eigenvalue weighted by Crippen LogP contribution is -2.34. The van der Waals surface area contributed by atoms with Crippen molar-refractivity contribution in [2.75, 3.05) is 20.6 Å². The van der Waals surface area contributed by atoms with Crippen molar-refractivity contribution in [1.29, 1.82) is 0 Å². The average Bonchev–Trinajstić information content (AvgIpc) is 3.00. The third kappa shape index (κ3) is 3.62. The zero-order valence-corrected chi connectivity index (χ0v) is 13.4. The predicted molar refractivity (Wildman–Crippen MR) is 79.7 cm³/mol. The first-order valence-electron chi connectivity index (χ1n) is 5.85. The van der Waals surface area contributed by atoms with Gasteiger partial charge in [0.2, 0.25) is 10.0 Å². The topological polar surface area (TPSA) is 62.6 Å². The van der Waals surface area contributed by atoms with E-state index in [2.05, 4.69) is 4.72 Å². The Hall–Kier alpha value is -0.860. The number of thiophene rings is 1. The molecule has 8 heteroatoms. The number of nitrogens with zero attached hydrogens (tertiary/aromatic N) is 1. The fourth-order valence-corrected chi connectivity index (χ4v) is 4.29. The Labute approximate surface area is 127 Å². The van der Waals surface area contributed by atoms with Crippen LogP contribution < -0.4 is 4.72 Å². The molecular formula is C12H15ClN2O3S2. The van der Waals surface area contributed by atoms with Crippen molar-refractivity contribution in [3.63, 3.8) is 0 Å². The zero-order valence-electron chi connectivity index (χ0n) is 11.0. The van der Waals surface area contributed by atoms with Crippen molar-refractivity contribution in [3.05, 3.63) is 40.6 Å². The van der Waals surface area contributed by atoms with Crippen LogP contribution in [-0.4, -0.2) is 34.0 Å². The number of hydrogen-bond donors (Lipinski definition) is 1. The van der Waals surface area contributed by atoms with Gasteiger partial charge in [0, 0.05) is 6.54 Å². The van der Waals surface area contributed by atoms with Crippen molar-refractivity contribution in [3.8, 4) is 0 Å². The normalized spacial score (nSPS) is 13.8. The van der Waals surface area contributed by atoms with Crippen molar-refractivity contribution < 1.29 is 12.8 Å². The van der Waals surface area contributed by atoms with Gasteiger partial charge in [-0.15, -0.1) is 11.3 Å². The van der Waals surface area contributed by atoms with E-state index in [1.54, 1.807) is 18.4 Å². The number of furan rings is 1. The van der Waals surface area contributed by atoms with E-state index >= 15 is 0 Å². The van der Waals surface area contributed by atoms with Gasteiger partial charge < -0.3 is 4.42 Å². The van der Waals surface area contributed by atoms with Crippen LogP contribution in [0.4, 0.5) is 0 Å². The molecule has 0 saturated heterocycles. The number of rotatable bonds is 6. The molecule has 2 rings (SSSR count). The summed E-state index contributed by atoms with van der Waals surface area (Å²) in [7, 11) is 0.186. The van der Waals surface area contributed by atoms with Gasteiger partial charge in [-0.2, -0.15) is 0 Å². The summed E-state index contributed by atoms with van der Waals surface area (Å²) in [4.78, 5) is 1.89. The summed E-state index contributed by atoms with van der Waals surface area (Å²) in [6, 6.07) is 6.49. The lowest BCUT2D eigenvalue weighted by atomic mass is 10.2. The third-order valence-corrected chi connectivity index (χ3v) is 5.92. The van der Waals surface area contributed by atoms with Crippen LogP contribution in [0, 0.1) is 0 Å². The van der Waals surface area contributed by atoms with Crippen LogP contribution in [0.5, 0.6) is 0 Å². The highest BCUT2D eigenvalue weighted by Gasteiger charge is 2.22. The maximum atomic E-state index is 12.1. The van der Waals surface area contributed by atoms with Crippen LogP contribution in [0.2, 0.25) is 4.34 Å². The molecule has 0 aliphatic carbocycles. The molecule has 0 fully saturated rings. The van der Waals surface area contributed by atoms with E-state index in [-0.39, 0.29) is 16.8 Å². The first kappa shape index (κ1) is 15.5. The zero-order chi connectivity index (χ0) is 14.8. The van der Waals surface area contributed by atoms with E-state index in [1.807, 2.05) is 25.1 Å². The van der Waals surface area contributed by atoms with Gasteiger partial charge in [-0.1, -0.05) is 11.6 Å². The molecule has 0 bridgehead atoms. The van der Waals surface area contributed by atoms with E-state index in [9.17, 15) is 8.42 Å². The standard InChI is InChI=1S/C12H15ClN2O3S2/c1-15(2)9(10-4-3-7-18-10)8-14-20(16,17)12-6-5-11(13)19-12/h3-7,9,14H,8H2,1-2H3/t9-/m1/s1. The van der Waals surface area contributed by atoms with Crippen molar-refractivity contribution in [1.82, 2.24) is 9.62 Å². The van der Waals surface area contributed by atoms with Crippen LogP contribution in [0.3, 0.4) is 0 Å². The fraction of sp³-hybridized carbons (Fsp3) is 0.333. The Kier molecular flexibility index (Phi) is 4.87. The maximum Gasteiger partial charge on any atom is 0.250 e. The maximum absolute atomic E-state index is 12.1. The second-order valence-electron chi connectivity index (χ2n) is 4.41.